The molecule has 0 aliphatic carbocycles. The summed E-state index contributed by atoms with van der Waals surface area (Å²) in [6, 6.07) is 13.8. The molecule has 0 radical (unpaired) electrons. The van der Waals surface area contributed by atoms with E-state index in [1.807, 2.05) is 30.3 Å². The zero-order valence-electron chi connectivity index (χ0n) is 11.3. The van der Waals surface area contributed by atoms with Crippen LogP contribution in [-0.2, 0) is 0 Å². The van der Waals surface area contributed by atoms with Crippen LogP contribution in [0.4, 0.5) is 0 Å². The minimum Gasteiger partial charge on any atom is -0.459 e. The lowest BCUT2D eigenvalue weighted by Crippen LogP contribution is -2.41. The number of nitrogens with one attached hydrogen (secondary N) is 2. The fourth-order valence-corrected chi connectivity index (χ4v) is 1.77. The van der Waals surface area contributed by atoms with Gasteiger partial charge in [-0.25, -0.2) is 0 Å². The number of amides is 2. The summed E-state index contributed by atoms with van der Waals surface area (Å²) in [5, 5.41) is 3.82. The van der Waals surface area contributed by atoms with Crippen LogP contribution in [0.15, 0.2) is 63.7 Å². The predicted molar refractivity (Wildman–Crippen MR) is 75.6 cm³/mol. The third-order valence-electron chi connectivity index (χ3n) is 2.84. The van der Waals surface area contributed by atoms with Gasteiger partial charge in [0.05, 0.1) is 6.26 Å². The Hall–Kier alpha value is -3.35. The summed E-state index contributed by atoms with van der Waals surface area (Å²) in [5.41, 5.74) is 5.79. The second kappa shape index (κ2) is 5.96. The summed E-state index contributed by atoms with van der Waals surface area (Å²) in [6.07, 6.45) is 1.36. The quantitative estimate of drug-likeness (QED) is 0.721. The van der Waals surface area contributed by atoms with Crippen LogP contribution < -0.4 is 10.9 Å². The molecule has 0 unspecified atom stereocenters. The number of benzene rings is 1. The summed E-state index contributed by atoms with van der Waals surface area (Å²) >= 11 is 0. The van der Waals surface area contributed by atoms with Crippen LogP contribution in [0, 0.1) is 0 Å². The van der Waals surface area contributed by atoms with Crippen molar-refractivity contribution in [1.29, 1.82) is 0 Å². The molecular formula is C15H11N3O4. The highest BCUT2D eigenvalue weighted by molar-refractivity contribution is 5.96. The van der Waals surface area contributed by atoms with Crippen molar-refractivity contribution in [2.75, 3.05) is 0 Å². The summed E-state index contributed by atoms with van der Waals surface area (Å²) < 4.78 is 9.86. The van der Waals surface area contributed by atoms with E-state index in [0.29, 0.717) is 5.69 Å². The molecule has 7 heteroatoms. The number of carbonyl (C=O) groups is 2. The Bertz CT molecular complexity index is 778. The number of rotatable bonds is 3. The van der Waals surface area contributed by atoms with Crippen LogP contribution in [0.3, 0.4) is 0 Å². The number of nitrogens with zero attached hydrogens (tertiary/aromatic N) is 1. The van der Waals surface area contributed by atoms with E-state index in [1.54, 1.807) is 6.07 Å². The number of furan rings is 1. The van der Waals surface area contributed by atoms with Gasteiger partial charge in [-0.2, -0.15) is 0 Å². The minimum atomic E-state index is -0.616. The highest BCUT2D eigenvalue weighted by atomic mass is 16.5. The molecule has 0 atom stereocenters. The van der Waals surface area contributed by atoms with E-state index in [-0.39, 0.29) is 11.5 Å². The SMILES string of the molecule is O=C(NNC(=O)c1cc(-c2ccccc2)no1)c1ccco1. The summed E-state index contributed by atoms with van der Waals surface area (Å²) in [4.78, 5) is 23.5. The lowest BCUT2D eigenvalue weighted by atomic mass is 10.1. The van der Waals surface area contributed by atoms with E-state index in [2.05, 4.69) is 16.0 Å². The molecule has 1 aromatic carbocycles. The van der Waals surface area contributed by atoms with Crippen LogP contribution in [0.5, 0.6) is 0 Å². The van der Waals surface area contributed by atoms with Crippen molar-refractivity contribution in [2.45, 2.75) is 0 Å². The number of aromatic nitrogens is 1. The molecule has 0 bridgehead atoms. The maximum absolute atomic E-state index is 11.9. The monoisotopic (exact) mass is 297 g/mol. The second-order valence-electron chi connectivity index (χ2n) is 4.33. The maximum Gasteiger partial charge on any atom is 0.308 e. The Morgan fingerprint density at radius 2 is 1.64 bits per heavy atom. The van der Waals surface area contributed by atoms with Gasteiger partial charge in [0.2, 0.25) is 5.76 Å². The van der Waals surface area contributed by atoms with Crippen LogP contribution in [0.2, 0.25) is 0 Å². The third-order valence-corrected chi connectivity index (χ3v) is 2.84. The number of carbonyl (C=O) groups excluding carboxylic acids is 2. The molecule has 0 spiro atoms. The zero-order valence-corrected chi connectivity index (χ0v) is 11.3. The van der Waals surface area contributed by atoms with Crippen molar-refractivity contribution >= 4 is 11.8 Å². The molecule has 0 aliphatic rings. The maximum atomic E-state index is 11.9. The third kappa shape index (κ3) is 2.88. The summed E-state index contributed by atoms with van der Waals surface area (Å²) in [5.74, 6) is -1.11. The van der Waals surface area contributed by atoms with Crippen LogP contribution in [-0.4, -0.2) is 17.0 Å². The van der Waals surface area contributed by atoms with Crippen molar-refractivity contribution < 1.29 is 18.5 Å². The molecule has 2 N–H and O–H groups in total. The number of hydrazine groups is 1. The fourth-order valence-electron chi connectivity index (χ4n) is 1.77. The van der Waals surface area contributed by atoms with Crippen molar-refractivity contribution in [3.63, 3.8) is 0 Å². The zero-order chi connectivity index (χ0) is 15.4. The first-order chi connectivity index (χ1) is 10.7. The average molecular weight is 297 g/mol. The van der Waals surface area contributed by atoms with Gasteiger partial charge in [-0.3, -0.25) is 20.4 Å². The summed E-state index contributed by atoms with van der Waals surface area (Å²) in [6.45, 7) is 0. The lowest BCUT2D eigenvalue weighted by Gasteiger charge is -2.02. The molecule has 2 aromatic heterocycles. The molecule has 2 heterocycles. The normalized spacial score (nSPS) is 10.2. The average Bonchev–Trinajstić information content (AvgIpc) is 3.24. The number of hydrogen-bond donors (Lipinski definition) is 2. The van der Waals surface area contributed by atoms with Crippen molar-refractivity contribution in [3.05, 3.63) is 66.3 Å². The van der Waals surface area contributed by atoms with Crippen molar-refractivity contribution in [2.24, 2.45) is 0 Å². The topological polar surface area (TPSA) is 97.4 Å². The van der Waals surface area contributed by atoms with Gasteiger partial charge in [-0.05, 0) is 12.1 Å². The minimum absolute atomic E-state index is 0.0152. The van der Waals surface area contributed by atoms with Crippen LogP contribution in [0.1, 0.15) is 21.1 Å². The predicted octanol–water partition coefficient (Wildman–Crippen LogP) is 2.01. The molecule has 22 heavy (non-hydrogen) atoms. The van der Waals surface area contributed by atoms with Gasteiger partial charge >= 0.3 is 11.8 Å². The van der Waals surface area contributed by atoms with Gasteiger partial charge in [0.1, 0.15) is 5.69 Å². The fraction of sp³-hybridized carbons (Fsp3) is 0. The molecule has 2 amide bonds. The van der Waals surface area contributed by atoms with Gasteiger partial charge in [0, 0.05) is 11.6 Å². The Morgan fingerprint density at radius 3 is 2.32 bits per heavy atom. The lowest BCUT2D eigenvalue weighted by molar-refractivity contribution is 0.0812. The van der Waals surface area contributed by atoms with Gasteiger partial charge in [0.15, 0.2) is 5.76 Å². The molecule has 0 saturated carbocycles. The first-order valence-corrected chi connectivity index (χ1v) is 6.40. The van der Waals surface area contributed by atoms with Gasteiger partial charge < -0.3 is 8.94 Å². The van der Waals surface area contributed by atoms with Gasteiger partial charge in [-0.1, -0.05) is 35.5 Å². The smallest absolute Gasteiger partial charge is 0.308 e. The molecule has 7 nitrogen and oxygen atoms in total. The van der Waals surface area contributed by atoms with Crippen molar-refractivity contribution in [1.82, 2.24) is 16.0 Å². The largest absolute Gasteiger partial charge is 0.459 e. The summed E-state index contributed by atoms with van der Waals surface area (Å²) in [7, 11) is 0. The Balaban J connectivity index is 1.64. The van der Waals surface area contributed by atoms with E-state index in [1.165, 1.54) is 18.4 Å². The molecular weight excluding hydrogens is 286 g/mol. The van der Waals surface area contributed by atoms with E-state index in [9.17, 15) is 9.59 Å². The van der Waals surface area contributed by atoms with Gasteiger partial charge in [-0.15, -0.1) is 0 Å². The van der Waals surface area contributed by atoms with E-state index in [0.717, 1.165) is 5.56 Å². The first-order valence-electron chi connectivity index (χ1n) is 6.40. The van der Waals surface area contributed by atoms with E-state index < -0.39 is 11.8 Å². The molecule has 0 aliphatic heterocycles. The molecule has 3 rings (SSSR count). The molecule has 0 saturated heterocycles. The number of hydrogen-bond acceptors (Lipinski definition) is 5. The molecule has 0 fully saturated rings. The second-order valence-corrected chi connectivity index (χ2v) is 4.33. The Morgan fingerprint density at radius 1 is 0.909 bits per heavy atom. The highest BCUT2D eigenvalue weighted by Crippen LogP contribution is 2.18. The Labute approximate surface area is 124 Å². The van der Waals surface area contributed by atoms with E-state index >= 15 is 0 Å². The van der Waals surface area contributed by atoms with Crippen LogP contribution in [0.25, 0.3) is 11.3 Å². The Kier molecular flexibility index (Phi) is 3.69. The van der Waals surface area contributed by atoms with Crippen LogP contribution >= 0.6 is 0 Å². The molecule has 110 valence electrons. The van der Waals surface area contributed by atoms with Gasteiger partial charge in [0.25, 0.3) is 0 Å². The van der Waals surface area contributed by atoms with Crippen molar-refractivity contribution in [3.8, 4) is 11.3 Å². The van der Waals surface area contributed by atoms with E-state index in [4.69, 9.17) is 8.94 Å². The standard InChI is InChI=1S/C15H11N3O4/c19-14(12-7-4-8-21-12)16-17-15(20)13-9-11(18-22-13)10-5-2-1-3-6-10/h1-9H,(H,16,19)(H,17,20). The molecule has 3 aromatic rings. The highest BCUT2D eigenvalue weighted by Gasteiger charge is 2.15. The first kappa shape index (κ1) is 13.6.